The first kappa shape index (κ1) is 40.2. The minimum atomic E-state index is -0.841. The van der Waals surface area contributed by atoms with Gasteiger partial charge in [-0.15, -0.1) is 0 Å². The van der Waals surface area contributed by atoms with Crippen molar-refractivity contribution in [1.29, 1.82) is 5.26 Å². The van der Waals surface area contributed by atoms with Gasteiger partial charge in [-0.25, -0.2) is 10.2 Å². The number of aromatic nitrogens is 4. The fourth-order valence-electron chi connectivity index (χ4n) is 7.29. The van der Waals surface area contributed by atoms with Crippen molar-refractivity contribution in [3.8, 4) is 17.5 Å². The number of nitro groups is 1. The van der Waals surface area contributed by atoms with Gasteiger partial charge in [-0.1, -0.05) is 12.2 Å². The van der Waals surface area contributed by atoms with E-state index in [0.29, 0.717) is 54.3 Å². The number of nitrogens with zero attached hydrogens (tertiary/aromatic N) is 7. The van der Waals surface area contributed by atoms with E-state index < -0.39 is 22.6 Å². The van der Waals surface area contributed by atoms with Crippen LogP contribution in [0.3, 0.4) is 0 Å². The summed E-state index contributed by atoms with van der Waals surface area (Å²) < 4.78 is 20.9. The molecule has 0 unspecified atom stereocenters. The highest BCUT2D eigenvalue weighted by Gasteiger charge is 2.48. The van der Waals surface area contributed by atoms with Crippen molar-refractivity contribution in [3.63, 3.8) is 0 Å². The molecule has 6 rings (SSSR count). The zero-order valence-electron chi connectivity index (χ0n) is 31.9. The Morgan fingerprint density at radius 2 is 1.88 bits per heavy atom. The number of carbonyl (C=O) groups is 3. The number of primary amides is 2. The molecule has 1 spiro atoms. The summed E-state index contributed by atoms with van der Waals surface area (Å²) in [6.07, 6.45) is 5.54. The number of rotatable bonds is 17. The number of imidazole rings is 1. The Balaban J connectivity index is 1.17. The highest BCUT2D eigenvalue weighted by molar-refractivity contribution is 6.67. The van der Waals surface area contributed by atoms with Gasteiger partial charge < -0.3 is 35.6 Å². The number of likely N-dealkylation sites (tertiary alicyclic amines) is 1. The summed E-state index contributed by atoms with van der Waals surface area (Å²) in [5, 5.41) is 31.8. The molecular weight excluding hydrogens is 737 g/mol. The van der Waals surface area contributed by atoms with E-state index in [4.69, 9.17) is 25.7 Å². The summed E-state index contributed by atoms with van der Waals surface area (Å²) in [5.74, 6) is 0.940. The number of ether oxygens (including phenoxy) is 3. The number of hydrogen-bond donors (Lipinski definition) is 4. The molecule has 2 fully saturated rings. The number of benzene rings is 2. The first-order valence-electron chi connectivity index (χ1n) is 18.5. The maximum absolute atomic E-state index is 13.4. The topological polar surface area (TPSA) is 261 Å². The second-order valence-electron chi connectivity index (χ2n) is 14.0. The van der Waals surface area contributed by atoms with Crippen LogP contribution in [0.5, 0.6) is 11.5 Å². The molecule has 0 radical (unpaired) electrons. The van der Waals surface area contributed by atoms with Crippen molar-refractivity contribution in [2.24, 2.45) is 11.5 Å². The molecule has 298 valence electrons. The van der Waals surface area contributed by atoms with Gasteiger partial charge in [0.1, 0.15) is 22.7 Å². The number of hydrogen-bond acceptors (Lipinski definition) is 13. The minimum Gasteiger partial charge on any atom is -0.494 e. The normalized spacial score (nSPS) is 15.0. The predicted molar refractivity (Wildman–Crippen MR) is 211 cm³/mol. The first-order chi connectivity index (χ1) is 27.3. The third-order valence-corrected chi connectivity index (χ3v) is 9.96. The summed E-state index contributed by atoms with van der Waals surface area (Å²) in [6, 6.07) is 7.14. The monoisotopic (exact) mass is 781 g/mol. The number of amides is 3. The molecule has 2 aromatic carbocycles. The molecule has 3 amide bonds. The molecule has 0 saturated carbocycles. The lowest BCUT2D eigenvalue weighted by atomic mass is 9.42. The first-order valence-corrected chi connectivity index (χ1v) is 18.5. The quantitative estimate of drug-likeness (QED) is 0.0395. The van der Waals surface area contributed by atoms with E-state index >= 15 is 0 Å². The third kappa shape index (κ3) is 8.84. The molecule has 0 aliphatic carbocycles. The van der Waals surface area contributed by atoms with Crippen LogP contribution in [0.4, 0.5) is 17.3 Å². The van der Waals surface area contributed by atoms with Crippen molar-refractivity contribution in [2.45, 2.75) is 51.6 Å². The van der Waals surface area contributed by atoms with Crippen LogP contribution in [0.25, 0.3) is 11.0 Å². The molecule has 19 nitrogen and oxygen atoms in total. The van der Waals surface area contributed by atoms with Gasteiger partial charge in [0.05, 0.1) is 35.5 Å². The second-order valence-corrected chi connectivity index (χ2v) is 14.0. The maximum Gasteiger partial charge on any atom is 0.296 e. The third-order valence-electron chi connectivity index (χ3n) is 9.96. The Morgan fingerprint density at radius 3 is 2.56 bits per heavy atom. The van der Waals surface area contributed by atoms with Crippen LogP contribution in [0.1, 0.15) is 50.2 Å². The van der Waals surface area contributed by atoms with Crippen LogP contribution >= 0.6 is 0 Å². The number of allylic oxidation sites excluding steroid dienone is 1. The van der Waals surface area contributed by atoms with E-state index in [0.717, 1.165) is 31.8 Å². The number of carbonyl (C=O) groups excluding carboxylic acids is 3. The Kier molecular flexibility index (Phi) is 12.1. The number of methoxy groups -OCH3 is 1. The summed E-state index contributed by atoms with van der Waals surface area (Å²) in [6.45, 7) is 7.29. The standard InChI is InChI=1S/C37H44BN11O8/c1-4-48-28(14-23(2)45-48)35(52)44-36-43-26-15-24(33(40)50)18-30(55-3)32(26)47(36)11-6-5-9-42-31-27(49(53)54)16-25(34(41)51)17-29(31)56-12-7-10-46-20-37(21-46)19-38(22-39)8-13-57-37/h5-6,14-18,42H,4,7-13,19-21H2,1-3H3,(H2,40,50)(H2,41,51)(H,43,44,52)/b6-5+. The molecule has 6 N–H and O–H groups in total. The van der Waals surface area contributed by atoms with Crippen LogP contribution in [-0.2, 0) is 17.8 Å². The molecule has 2 saturated heterocycles. The average Bonchev–Trinajstić information content (AvgIpc) is 3.74. The Bertz CT molecular complexity index is 2270. The van der Waals surface area contributed by atoms with Crippen LogP contribution in [0.2, 0.25) is 12.6 Å². The van der Waals surface area contributed by atoms with Gasteiger partial charge in [0.15, 0.2) is 5.69 Å². The predicted octanol–water partition coefficient (Wildman–Crippen LogP) is 3.01. The lowest BCUT2D eigenvalue weighted by Crippen LogP contribution is -2.65. The number of nitrogens with one attached hydrogen (secondary N) is 2. The maximum atomic E-state index is 13.4. The lowest BCUT2D eigenvalue weighted by Gasteiger charge is -2.52. The van der Waals surface area contributed by atoms with Crippen LogP contribution in [0.15, 0.2) is 42.5 Å². The van der Waals surface area contributed by atoms with Crippen molar-refractivity contribution in [2.75, 3.05) is 57.1 Å². The van der Waals surface area contributed by atoms with E-state index in [1.807, 2.05) is 6.92 Å². The van der Waals surface area contributed by atoms with Gasteiger partial charge >= 0.3 is 0 Å². The molecule has 0 bridgehead atoms. The van der Waals surface area contributed by atoms with E-state index in [-0.39, 0.29) is 66.2 Å². The van der Waals surface area contributed by atoms with Gasteiger partial charge in [0.25, 0.3) is 18.3 Å². The molecule has 57 heavy (non-hydrogen) atoms. The largest absolute Gasteiger partial charge is 0.494 e. The van der Waals surface area contributed by atoms with Gasteiger partial charge in [0, 0.05) is 69.0 Å². The molecule has 0 atom stereocenters. The second kappa shape index (κ2) is 17.1. The van der Waals surface area contributed by atoms with Crippen LogP contribution in [0, 0.1) is 28.3 Å². The molecule has 2 aromatic heterocycles. The molecule has 20 heteroatoms. The molecule has 4 heterocycles. The van der Waals surface area contributed by atoms with E-state index in [1.165, 1.54) is 25.3 Å². The van der Waals surface area contributed by atoms with Gasteiger partial charge in [-0.3, -0.25) is 39.4 Å². The minimum absolute atomic E-state index is 0.00260. The Hall–Kier alpha value is -6.46. The molecular formula is C37H44BN11O8. The van der Waals surface area contributed by atoms with Crippen molar-refractivity contribution in [3.05, 3.63) is 75.1 Å². The zero-order valence-corrected chi connectivity index (χ0v) is 31.9. The molecule has 4 aromatic rings. The average molecular weight is 782 g/mol. The van der Waals surface area contributed by atoms with Crippen molar-refractivity contribution >= 4 is 52.8 Å². The van der Waals surface area contributed by atoms with Crippen LogP contribution in [-0.4, -0.2) is 106 Å². The summed E-state index contributed by atoms with van der Waals surface area (Å²) in [5.41, 5.74) is 12.4. The van der Waals surface area contributed by atoms with E-state index in [2.05, 4.69) is 31.6 Å². The highest BCUT2D eigenvalue weighted by Crippen LogP contribution is 2.37. The summed E-state index contributed by atoms with van der Waals surface area (Å²) >= 11 is 0. The van der Waals surface area contributed by atoms with Gasteiger partial charge in [-0.2, -0.15) is 5.10 Å². The Labute approximate surface area is 328 Å². The summed E-state index contributed by atoms with van der Waals surface area (Å²) in [7, 11) is 1.44. The number of fused-ring (bicyclic) bond motifs is 1. The fraction of sp³-hybridized carbons (Fsp3) is 0.405. The number of aryl methyl sites for hydroxylation is 2. The van der Waals surface area contributed by atoms with E-state index in [1.54, 1.807) is 34.4 Å². The van der Waals surface area contributed by atoms with Crippen LogP contribution < -0.4 is 31.6 Å². The SMILES string of the molecule is CCn1nc(C)cc1C(=O)Nc1nc2cc(C(N)=O)cc(OC)c2n1C/C=C/CNc1c(OCCCN2CC3(CB(C#N)CCO3)C2)cc(C(N)=O)cc1[N+](=O)[O-]. The number of anilines is 2. The van der Waals surface area contributed by atoms with Crippen molar-refractivity contribution < 1.29 is 33.5 Å². The van der Waals surface area contributed by atoms with Gasteiger partial charge in [-0.05, 0) is 57.2 Å². The smallest absolute Gasteiger partial charge is 0.296 e. The Morgan fingerprint density at radius 1 is 1.14 bits per heavy atom. The number of nitriles is 1. The fourth-order valence-corrected chi connectivity index (χ4v) is 7.29. The highest BCUT2D eigenvalue weighted by atomic mass is 16.6. The lowest BCUT2D eigenvalue weighted by molar-refractivity contribution is -0.384. The molecule has 2 aliphatic heterocycles. The number of nitrogens with two attached hydrogens (primary N) is 2. The zero-order chi connectivity index (χ0) is 40.9. The van der Waals surface area contributed by atoms with Crippen molar-refractivity contribution in [1.82, 2.24) is 24.2 Å². The molecule has 2 aliphatic rings. The number of nitro benzene ring substituents is 1. The van der Waals surface area contributed by atoms with E-state index in [9.17, 15) is 29.8 Å². The summed E-state index contributed by atoms with van der Waals surface area (Å²) in [4.78, 5) is 56.0. The van der Waals surface area contributed by atoms with Gasteiger partial charge in [0.2, 0.25) is 17.8 Å².